The molecule has 0 aliphatic carbocycles. The first-order chi connectivity index (χ1) is 13.2. The van der Waals surface area contributed by atoms with Crippen molar-refractivity contribution in [2.45, 2.75) is 12.8 Å². The number of aromatic nitrogens is 1. The van der Waals surface area contributed by atoms with Gasteiger partial charge in [-0.25, -0.2) is 0 Å². The van der Waals surface area contributed by atoms with Crippen LogP contribution in [-0.2, 0) is 11.2 Å². The number of hydrogen-bond acceptors (Lipinski definition) is 4. The Bertz CT molecular complexity index is 1020. The summed E-state index contributed by atoms with van der Waals surface area (Å²) in [4.78, 5) is 28.8. The molecular weight excluding hydrogens is 340 g/mol. The Morgan fingerprint density at radius 2 is 2.00 bits per heavy atom. The minimum absolute atomic E-state index is 0.0962. The SMILES string of the molecule is O=C(CNC(=O)c1ccc2c(c1)CCCN2)Nc1cnc2ccccc2c1. The second-order valence-corrected chi connectivity index (χ2v) is 6.55. The minimum atomic E-state index is -0.292. The Balaban J connectivity index is 1.36. The molecule has 27 heavy (non-hydrogen) atoms. The molecule has 1 aliphatic rings. The van der Waals surface area contributed by atoms with E-state index in [1.165, 1.54) is 0 Å². The predicted octanol–water partition coefficient (Wildman–Crippen LogP) is 2.96. The molecule has 0 radical (unpaired) electrons. The summed E-state index contributed by atoms with van der Waals surface area (Å²) in [5.41, 5.74) is 4.26. The van der Waals surface area contributed by atoms with Gasteiger partial charge in [-0.3, -0.25) is 14.6 Å². The number of aryl methyl sites for hydroxylation is 1. The highest BCUT2D eigenvalue weighted by Gasteiger charge is 2.13. The van der Waals surface area contributed by atoms with Gasteiger partial charge in [0.1, 0.15) is 0 Å². The van der Waals surface area contributed by atoms with Gasteiger partial charge in [-0.1, -0.05) is 18.2 Å². The molecule has 3 aromatic rings. The molecule has 0 bridgehead atoms. The minimum Gasteiger partial charge on any atom is -0.385 e. The molecule has 6 heteroatoms. The highest BCUT2D eigenvalue weighted by atomic mass is 16.2. The van der Waals surface area contributed by atoms with Gasteiger partial charge in [0, 0.05) is 23.2 Å². The summed E-state index contributed by atoms with van der Waals surface area (Å²) in [6.07, 6.45) is 3.62. The van der Waals surface area contributed by atoms with Crippen LogP contribution in [-0.4, -0.2) is 29.9 Å². The number of carbonyl (C=O) groups excluding carboxylic acids is 2. The van der Waals surface area contributed by atoms with Crippen molar-refractivity contribution < 1.29 is 9.59 Å². The van der Waals surface area contributed by atoms with Crippen LogP contribution in [0.2, 0.25) is 0 Å². The second kappa shape index (κ2) is 7.45. The predicted molar refractivity (Wildman–Crippen MR) is 106 cm³/mol. The first kappa shape index (κ1) is 17.0. The molecule has 1 aromatic heterocycles. The normalized spacial score (nSPS) is 12.7. The van der Waals surface area contributed by atoms with Crippen molar-refractivity contribution >= 4 is 34.1 Å². The third kappa shape index (κ3) is 3.89. The van der Waals surface area contributed by atoms with Crippen LogP contribution < -0.4 is 16.0 Å². The maximum atomic E-state index is 12.3. The number of anilines is 2. The molecule has 0 saturated heterocycles. The number of nitrogens with one attached hydrogen (secondary N) is 3. The third-order valence-corrected chi connectivity index (χ3v) is 4.59. The first-order valence-electron chi connectivity index (χ1n) is 8.99. The van der Waals surface area contributed by atoms with E-state index in [1.54, 1.807) is 12.3 Å². The summed E-state index contributed by atoms with van der Waals surface area (Å²) in [5, 5.41) is 9.70. The van der Waals surface area contributed by atoms with Crippen molar-refractivity contribution in [2.24, 2.45) is 0 Å². The average molecular weight is 360 g/mol. The van der Waals surface area contributed by atoms with Crippen LogP contribution in [0, 0.1) is 0 Å². The summed E-state index contributed by atoms with van der Waals surface area (Å²) in [6, 6.07) is 15.1. The van der Waals surface area contributed by atoms with Gasteiger partial charge in [0.25, 0.3) is 5.91 Å². The number of para-hydroxylation sites is 1. The molecule has 2 aromatic carbocycles. The molecule has 0 atom stereocenters. The van der Waals surface area contributed by atoms with Crippen molar-refractivity contribution in [3.8, 4) is 0 Å². The first-order valence-corrected chi connectivity index (χ1v) is 8.99. The second-order valence-electron chi connectivity index (χ2n) is 6.55. The van der Waals surface area contributed by atoms with Crippen LogP contribution >= 0.6 is 0 Å². The van der Waals surface area contributed by atoms with Gasteiger partial charge in [0.05, 0.1) is 23.9 Å². The molecule has 0 fully saturated rings. The number of hydrogen-bond donors (Lipinski definition) is 3. The van der Waals surface area contributed by atoms with E-state index in [9.17, 15) is 9.59 Å². The van der Waals surface area contributed by atoms with Crippen LogP contribution in [0.5, 0.6) is 0 Å². The molecule has 1 aliphatic heterocycles. The van der Waals surface area contributed by atoms with Crippen molar-refractivity contribution in [3.63, 3.8) is 0 Å². The third-order valence-electron chi connectivity index (χ3n) is 4.59. The molecule has 0 spiro atoms. The fourth-order valence-corrected chi connectivity index (χ4v) is 3.22. The van der Waals surface area contributed by atoms with Crippen molar-refractivity contribution in [2.75, 3.05) is 23.7 Å². The molecule has 0 unspecified atom stereocenters. The number of carbonyl (C=O) groups is 2. The topological polar surface area (TPSA) is 83.1 Å². The molecule has 3 N–H and O–H groups in total. The van der Waals surface area contributed by atoms with Crippen LogP contribution in [0.25, 0.3) is 10.9 Å². The lowest BCUT2D eigenvalue weighted by atomic mass is 10.0. The van der Waals surface area contributed by atoms with Gasteiger partial charge in [-0.05, 0) is 48.7 Å². The Morgan fingerprint density at radius 1 is 1.11 bits per heavy atom. The maximum Gasteiger partial charge on any atom is 0.251 e. The van der Waals surface area contributed by atoms with E-state index in [-0.39, 0.29) is 18.4 Å². The number of rotatable bonds is 4. The summed E-state index contributed by atoms with van der Waals surface area (Å²) >= 11 is 0. The molecule has 0 saturated carbocycles. The van der Waals surface area contributed by atoms with E-state index in [4.69, 9.17) is 0 Å². The molecule has 136 valence electrons. The Hall–Kier alpha value is -3.41. The monoisotopic (exact) mass is 360 g/mol. The van der Waals surface area contributed by atoms with E-state index >= 15 is 0 Å². The highest BCUT2D eigenvalue weighted by molar-refractivity contribution is 6.00. The van der Waals surface area contributed by atoms with Crippen LogP contribution in [0.15, 0.2) is 54.7 Å². The summed E-state index contributed by atoms with van der Waals surface area (Å²) in [5.74, 6) is -0.546. The fraction of sp³-hybridized carbons (Fsp3) is 0.190. The van der Waals surface area contributed by atoms with E-state index in [2.05, 4.69) is 20.9 Å². The van der Waals surface area contributed by atoms with Crippen LogP contribution in [0.4, 0.5) is 11.4 Å². The zero-order valence-electron chi connectivity index (χ0n) is 14.8. The zero-order valence-corrected chi connectivity index (χ0v) is 14.8. The van der Waals surface area contributed by atoms with Crippen molar-refractivity contribution in [1.29, 1.82) is 0 Å². The number of benzene rings is 2. The van der Waals surface area contributed by atoms with Crippen LogP contribution in [0.1, 0.15) is 22.3 Å². The summed E-state index contributed by atoms with van der Waals surface area (Å²) in [6.45, 7) is 0.864. The van der Waals surface area contributed by atoms with Gasteiger partial charge in [-0.15, -0.1) is 0 Å². The summed E-state index contributed by atoms with van der Waals surface area (Å²) < 4.78 is 0. The zero-order chi connectivity index (χ0) is 18.6. The van der Waals surface area contributed by atoms with Gasteiger partial charge in [0.15, 0.2) is 0 Å². The Morgan fingerprint density at radius 3 is 2.93 bits per heavy atom. The lowest BCUT2D eigenvalue weighted by Crippen LogP contribution is -2.33. The van der Waals surface area contributed by atoms with Crippen molar-refractivity contribution in [3.05, 3.63) is 65.9 Å². The smallest absolute Gasteiger partial charge is 0.251 e. The summed E-state index contributed by atoms with van der Waals surface area (Å²) in [7, 11) is 0. The van der Waals surface area contributed by atoms with E-state index in [0.717, 1.165) is 41.5 Å². The Kier molecular flexibility index (Phi) is 4.70. The standard InChI is InChI=1S/C21H20N4O2/c26-20(25-17-11-15-4-1-2-6-18(15)23-12-17)13-24-21(27)16-7-8-19-14(10-16)5-3-9-22-19/h1-2,4,6-8,10-12,22H,3,5,9,13H2,(H,24,27)(H,25,26). The number of pyridine rings is 1. The molecule has 4 rings (SSSR count). The molecule has 6 nitrogen and oxygen atoms in total. The van der Waals surface area contributed by atoms with Crippen molar-refractivity contribution in [1.82, 2.24) is 10.3 Å². The lowest BCUT2D eigenvalue weighted by Gasteiger charge is -2.18. The molecule has 2 amide bonds. The number of amides is 2. The molecule has 2 heterocycles. The van der Waals surface area contributed by atoms with Gasteiger partial charge in [0.2, 0.25) is 5.91 Å². The maximum absolute atomic E-state index is 12.3. The average Bonchev–Trinajstić information content (AvgIpc) is 2.71. The quantitative estimate of drug-likeness (QED) is 0.668. The van der Waals surface area contributed by atoms with Gasteiger partial charge >= 0.3 is 0 Å². The number of fused-ring (bicyclic) bond motifs is 2. The van der Waals surface area contributed by atoms with Gasteiger partial charge < -0.3 is 16.0 Å². The van der Waals surface area contributed by atoms with E-state index in [0.29, 0.717) is 11.3 Å². The largest absolute Gasteiger partial charge is 0.385 e. The lowest BCUT2D eigenvalue weighted by molar-refractivity contribution is -0.115. The highest BCUT2D eigenvalue weighted by Crippen LogP contribution is 2.22. The van der Waals surface area contributed by atoms with Gasteiger partial charge in [-0.2, -0.15) is 0 Å². The Labute approximate surface area is 157 Å². The van der Waals surface area contributed by atoms with E-state index in [1.807, 2.05) is 42.5 Å². The van der Waals surface area contributed by atoms with E-state index < -0.39 is 0 Å². The fourth-order valence-electron chi connectivity index (χ4n) is 3.22. The molecular formula is C21H20N4O2. The number of nitrogens with zero attached hydrogens (tertiary/aromatic N) is 1. The van der Waals surface area contributed by atoms with Crippen LogP contribution in [0.3, 0.4) is 0 Å².